The number of amides is 1. The van der Waals surface area contributed by atoms with Crippen LogP contribution in [0.15, 0.2) is 69.1 Å². The smallest absolute Gasteiger partial charge is 0.293 e. The number of nitrogens with one attached hydrogen (secondary N) is 1. The molecule has 48 heavy (non-hydrogen) atoms. The Balaban J connectivity index is 0.000000177. The third kappa shape index (κ3) is 5.75. The molecule has 7 rings (SSSR count). The molecule has 254 valence electrons. The third-order valence-corrected chi connectivity index (χ3v) is 9.45. The number of fused-ring (bicyclic) bond motifs is 2. The van der Waals surface area contributed by atoms with Crippen LogP contribution >= 0.6 is 15.9 Å². The molecule has 0 spiro atoms. The monoisotopic (exact) mass is 737 g/mol. The molecule has 0 unspecified atom stereocenters. The fraction of sp³-hybridized carbons (Fsp3) is 0.364. The second kappa shape index (κ2) is 12.3. The van der Waals surface area contributed by atoms with Crippen molar-refractivity contribution in [2.45, 2.75) is 62.8 Å². The first-order chi connectivity index (χ1) is 22.7. The van der Waals surface area contributed by atoms with E-state index in [1.807, 2.05) is 0 Å². The van der Waals surface area contributed by atoms with Crippen LogP contribution in [0.25, 0.3) is 0 Å². The van der Waals surface area contributed by atoms with Crippen molar-refractivity contribution in [3.05, 3.63) is 98.5 Å². The third-order valence-electron chi connectivity index (χ3n) is 8.99. The highest BCUT2D eigenvalue weighted by atomic mass is 79.9. The summed E-state index contributed by atoms with van der Waals surface area (Å²) in [6.07, 6.45) is -6.15. The van der Waals surface area contributed by atoms with Gasteiger partial charge in [0.2, 0.25) is 0 Å². The highest BCUT2D eigenvalue weighted by Crippen LogP contribution is 2.57. The predicted molar refractivity (Wildman–Crippen MR) is 169 cm³/mol. The van der Waals surface area contributed by atoms with Gasteiger partial charge in [0, 0.05) is 38.7 Å². The summed E-state index contributed by atoms with van der Waals surface area (Å²) in [7, 11) is 0. The average Bonchev–Trinajstić information content (AvgIpc) is 3.96. The first-order valence-electron chi connectivity index (χ1n) is 14.9. The van der Waals surface area contributed by atoms with E-state index < -0.39 is 65.5 Å². The van der Waals surface area contributed by atoms with Crippen LogP contribution in [-0.4, -0.2) is 43.0 Å². The Morgan fingerprint density at radius 2 is 1.40 bits per heavy atom. The summed E-state index contributed by atoms with van der Waals surface area (Å²) in [5.74, 6) is -3.22. The van der Waals surface area contributed by atoms with Gasteiger partial charge in [-0.2, -0.15) is 0 Å². The summed E-state index contributed by atoms with van der Waals surface area (Å²) in [6.45, 7) is 2.99. The number of benzene rings is 3. The minimum absolute atomic E-state index is 0.198. The van der Waals surface area contributed by atoms with E-state index in [0.29, 0.717) is 22.9 Å². The molecule has 0 saturated heterocycles. The van der Waals surface area contributed by atoms with Gasteiger partial charge in [0.1, 0.15) is 23.8 Å². The fourth-order valence-electron chi connectivity index (χ4n) is 6.50. The SMILES string of the molecule is Cc1cc(Br)cc([C@@]2(C(F)F)N=C(NC(=O)c3ccccc3)O[C@@H]3C[C@@H]32)c1F.Cc1cc(N)cc([C@@]2(C(F)F)N=C(N)O[C@@H]3C[C@@H]32)c1F. The van der Waals surface area contributed by atoms with Crippen molar-refractivity contribution < 1.29 is 40.6 Å². The van der Waals surface area contributed by atoms with Gasteiger partial charge >= 0.3 is 0 Å². The van der Waals surface area contributed by atoms with Gasteiger partial charge in [-0.25, -0.2) is 36.3 Å². The van der Waals surface area contributed by atoms with E-state index in [4.69, 9.17) is 20.9 Å². The van der Waals surface area contributed by atoms with Gasteiger partial charge in [0.25, 0.3) is 30.8 Å². The molecule has 1 amide bonds. The number of aliphatic imine (C=N–C) groups is 2. The largest absolute Gasteiger partial charge is 0.462 e. The zero-order chi connectivity index (χ0) is 34.7. The van der Waals surface area contributed by atoms with Gasteiger partial charge in [-0.15, -0.1) is 0 Å². The Labute approximate surface area is 279 Å². The van der Waals surface area contributed by atoms with Crippen LogP contribution in [0, 0.1) is 37.3 Å². The number of nitrogens with zero attached hydrogens (tertiary/aromatic N) is 2. The molecule has 0 aromatic heterocycles. The molecule has 8 nitrogen and oxygen atoms in total. The molecule has 5 N–H and O–H groups in total. The zero-order valence-electron chi connectivity index (χ0n) is 25.5. The Kier molecular flexibility index (Phi) is 8.63. The van der Waals surface area contributed by atoms with Crippen molar-refractivity contribution in [2.24, 2.45) is 27.6 Å². The summed E-state index contributed by atoms with van der Waals surface area (Å²) >= 11 is 3.25. The topological polar surface area (TPSA) is 124 Å². The van der Waals surface area contributed by atoms with Gasteiger partial charge in [0.05, 0.1) is 0 Å². The van der Waals surface area contributed by atoms with Crippen molar-refractivity contribution in [3.63, 3.8) is 0 Å². The van der Waals surface area contributed by atoms with Crippen molar-refractivity contribution in [1.29, 1.82) is 0 Å². The van der Waals surface area contributed by atoms with E-state index >= 15 is 0 Å². The van der Waals surface area contributed by atoms with E-state index in [9.17, 15) is 31.1 Å². The number of ether oxygens (including phenoxy) is 2. The quantitative estimate of drug-likeness (QED) is 0.205. The van der Waals surface area contributed by atoms with Crippen molar-refractivity contribution >= 4 is 39.6 Å². The Hall–Kier alpha value is -4.27. The number of rotatable bonds is 5. The first kappa shape index (κ1) is 33.6. The second-order valence-corrected chi connectivity index (χ2v) is 13.1. The summed E-state index contributed by atoms with van der Waals surface area (Å²) in [5.41, 5.74) is 7.61. The first-order valence-corrected chi connectivity index (χ1v) is 15.7. The number of nitrogens with two attached hydrogens (primary N) is 2. The average molecular weight is 739 g/mol. The van der Waals surface area contributed by atoms with Crippen molar-refractivity contribution in [3.8, 4) is 0 Å². The number of carbonyl (C=O) groups excluding carboxylic acids is 1. The second-order valence-electron chi connectivity index (χ2n) is 12.2. The van der Waals surface area contributed by atoms with Gasteiger partial charge in [-0.1, -0.05) is 34.1 Å². The maximum absolute atomic E-state index is 14.9. The molecule has 4 aliphatic rings. The van der Waals surface area contributed by atoms with Crippen LogP contribution in [-0.2, 0) is 20.6 Å². The van der Waals surface area contributed by atoms with Crippen LogP contribution in [0.1, 0.15) is 45.5 Å². The lowest BCUT2D eigenvalue weighted by molar-refractivity contribution is 0.0165. The lowest BCUT2D eigenvalue weighted by atomic mass is 9.83. The molecule has 2 aliphatic carbocycles. The van der Waals surface area contributed by atoms with Crippen LogP contribution in [0.2, 0.25) is 0 Å². The molecule has 0 bridgehead atoms. The molecule has 2 aliphatic heterocycles. The molecule has 15 heteroatoms. The molecular weight excluding hydrogens is 708 g/mol. The minimum Gasteiger partial charge on any atom is -0.462 e. The Morgan fingerprint density at radius 1 is 0.854 bits per heavy atom. The molecule has 2 fully saturated rings. The van der Waals surface area contributed by atoms with Crippen LogP contribution in [0.5, 0.6) is 0 Å². The lowest BCUT2D eigenvalue weighted by Gasteiger charge is -2.34. The van der Waals surface area contributed by atoms with Gasteiger partial charge in [-0.05, 0) is 74.2 Å². The van der Waals surface area contributed by atoms with Crippen LogP contribution in [0.4, 0.5) is 32.0 Å². The highest BCUT2D eigenvalue weighted by Gasteiger charge is 2.65. The fourth-order valence-corrected chi connectivity index (χ4v) is 7.07. The maximum Gasteiger partial charge on any atom is 0.293 e. The standard InChI is InChI=1S/C20H16BrF3N2O2.C13H14F3N3O/c1-10-7-12(21)8-14(16(10)22)20(18(23)24)13-9-15(13)28-19(26-20)25-17(27)11-5-3-2-4-6-11;1-5-2-6(17)3-8(10(5)14)13(11(15)16)7-4-9(7)20-12(18)19-13/h2-8,13,15,18H,9H2,1H3,(H,25,26,27);2-3,7,9,11H,4,17H2,1H3,(H2,18,19)/t13-,15+,20-;7-,9+,13-/m00/s1. The maximum atomic E-state index is 14.9. The van der Waals surface area contributed by atoms with E-state index in [-0.39, 0.29) is 40.0 Å². The normalized spacial score (nSPS) is 28.1. The van der Waals surface area contributed by atoms with E-state index in [1.165, 1.54) is 38.1 Å². The summed E-state index contributed by atoms with van der Waals surface area (Å²) < 4.78 is 96.5. The number of aryl methyl sites for hydroxylation is 2. The summed E-state index contributed by atoms with van der Waals surface area (Å²) in [4.78, 5) is 20.2. The van der Waals surface area contributed by atoms with Crippen LogP contribution in [0.3, 0.4) is 0 Å². The molecule has 2 heterocycles. The van der Waals surface area contributed by atoms with E-state index in [0.717, 1.165) is 0 Å². The number of hydrogen-bond donors (Lipinski definition) is 3. The Morgan fingerprint density at radius 3 is 2.00 bits per heavy atom. The zero-order valence-corrected chi connectivity index (χ0v) is 27.1. The van der Waals surface area contributed by atoms with Gasteiger partial charge in [-0.3, -0.25) is 10.1 Å². The number of carbonyl (C=O) groups is 1. The molecule has 2 saturated carbocycles. The highest BCUT2D eigenvalue weighted by molar-refractivity contribution is 9.10. The molecule has 3 aromatic rings. The molecule has 6 atom stereocenters. The number of anilines is 1. The van der Waals surface area contributed by atoms with Crippen molar-refractivity contribution in [1.82, 2.24) is 5.32 Å². The van der Waals surface area contributed by atoms with E-state index in [2.05, 4.69) is 31.2 Å². The number of halogens is 7. The summed E-state index contributed by atoms with van der Waals surface area (Å²) in [5, 5.41) is 2.44. The lowest BCUT2D eigenvalue weighted by Crippen LogP contribution is -2.46. The molecule has 3 aromatic carbocycles. The minimum atomic E-state index is -2.97. The van der Waals surface area contributed by atoms with Gasteiger partial charge in [0.15, 0.2) is 11.1 Å². The number of hydrogen-bond acceptors (Lipinski definition) is 7. The summed E-state index contributed by atoms with van der Waals surface area (Å²) in [6, 6.07) is 13.1. The number of alkyl halides is 4. The molecular formula is C33H30BrF6N5O3. The number of amidine groups is 2. The van der Waals surface area contributed by atoms with Crippen molar-refractivity contribution in [2.75, 3.05) is 5.73 Å². The Bertz CT molecular complexity index is 1830. The van der Waals surface area contributed by atoms with Gasteiger partial charge < -0.3 is 20.9 Å². The van der Waals surface area contributed by atoms with E-state index in [1.54, 1.807) is 30.3 Å². The van der Waals surface area contributed by atoms with Crippen LogP contribution < -0.4 is 16.8 Å². The molecule has 0 radical (unpaired) electrons. The predicted octanol–water partition coefficient (Wildman–Crippen LogP) is 6.47. The number of nitrogen functional groups attached to an aromatic ring is 1.